The fraction of sp³-hybridized carbons (Fsp3) is 0.793. The Morgan fingerprint density at radius 3 is 1.77 bits per heavy atom. The van der Waals surface area contributed by atoms with Crippen molar-refractivity contribution >= 4 is 38.5 Å². The lowest BCUT2D eigenvalue weighted by molar-refractivity contribution is -0.126. The minimum absolute atomic E-state index is 0.0541. The molecule has 4 heterocycles. The van der Waals surface area contributed by atoms with Gasteiger partial charge in [0.15, 0.2) is 24.0 Å². The number of rotatable bonds is 16. The number of carbonyl (C=O) groups is 1. The van der Waals surface area contributed by atoms with Crippen LogP contribution in [0, 0.1) is 0 Å². The first kappa shape index (κ1) is 46.9. The Labute approximate surface area is 308 Å². The van der Waals surface area contributed by atoms with E-state index in [9.17, 15) is 44.1 Å². The number of nitrogen functional groups attached to an aromatic ring is 1. The van der Waals surface area contributed by atoms with Crippen LogP contribution in [0.15, 0.2) is 12.7 Å². The van der Waals surface area contributed by atoms with E-state index in [-0.39, 0.29) is 17.0 Å². The third-order valence-corrected chi connectivity index (χ3v) is 11.0. The van der Waals surface area contributed by atoms with Crippen LogP contribution >= 0.6 is 15.6 Å². The summed E-state index contributed by atoms with van der Waals surface area (Å²) >= 11 is 0. The van der Waals surface area contributed by atoms with Crippen LogP contribution < -0.4 is 11.1 Å². The predicted molar refractivity (Wildman–Crippen MR) is 190 cm³/mol. The van der Waals surface area contributed by atoms with Crippen LogP contribution in [0.25, 0.3) is 11.2 Å². The van der Waals surface area contributed by atoms with Crippen LogP contribution in [-0.4, -0.2) is 161 Å². The maximum absolute atomic E-state index is 12.3. The van der Waals surface area contributed by atoms with Crippen molar-refractivity contribution in [1.82, 2.24) is 34.6 Å². The number of fused-ring (bicyclic) bond motifs is 1. The monoisotopic (exact) mass is 802 g/mol. The van der Waals surface area contributed by atoms with Crippen molar-refractivity contribution in [2.45, 2.75) is 97.5 Å². The number of anilines is 1. The van der Waals surface area contributed by atoms with Gasteiger partial charge in [0.1, 0.15) is 48.4 Å². The van der Waals surface area contributed by atoms with E-state index in [1.165, 1.54) is 50.2 Å². The largest absolute Gasteiger partial charge is 0.481 e. The second kappa shape index (κ2) is 21.7. The molecule has 0 spiro atoms. The van der Waals surface area contributed by atoms with Crippen LogP contribution in [0.3, 0.4) is 0 Å². The molecule has 2 aromatic heterocycles. The smallest absolute Gasteiger partial charge is 0.388 e. The lowest BCUT2D eigenvalue weighted by Gasteiger charge is -2.21. The number of aliphatic hydroxyl groups excluding tert-OH is 4. The highest BCUT2D eigenvalue weighted by atomic mass is 31.3. The highest BCUT2D eigenvalue weighted by Gasteiger charge is 2.47. The van der Waals surface area contributed by atoms with Crippen LogP contribution in [0.4, 0.5) is 5.82 Å². The third-order valence-electron chi connectivity index (χ3n) is 8.43. The van der Waals surface area contributed by atoms with Gasteiger partial charge in [-0.3, -0.25) is 18.4 Å². The summed E-state index contributed by atoms with van der Waals surface area (Å²) < 4.78 is 49.6. The van der Waals surface area contributed by atoms with E-state index in [1.807, 2.05) is 0 Å². The number of aromatic nitrogens is 4. The third kappa shape index (κ3) is 13.8. The molecule has 53 heavy (non-hydrogen) atoms. The van der Waals surface area contributed by atoms with E-state index < -0.39 is 83.8 Å². The first-order chi connectivity index (χ1) is 24.9. The van der Waals surface area contributed by atoms with Crippen molar-refractivity contribution in [1.29, 1.82) is 0 Å². The topological polar surface area (TPSA) is 307 Å². The molecule has 2 fully saturated rings. The molecule has 2 aliphatic heterocycles. The van der Waals surface area contributed by atoms with Crippen LogP contribution in [0.5, 0.6) is 0 Å². The van der Waals surface area contributed by atoms with Crippen molar-refractivity contribution in [2.24, 2.45) is 0 Å². The number of amides is 1. The van der Waals surface area contributed by atoms with Gasteiger partial charge in [0.2, 0.25) is 5.91 Å². The van der Waals surface area contributed by atoms with Crippen LogP contribution in [0.2, 0.25) is 0 Å². The molecule has 2 saturated heterocycles. The van der Waals surface area contributed by atoms with E-state index in [1.54, 1.807) is 0 Å². The van der Waals surface area contributed by atoms with E-state index in [2.05, 4.69) is 85.0 Å². The lowest BCUT2D eigenvalue weighted by atomic mass is 10.1. The van der Waals surface area contributed by atoms with Crippen LogP contribution in [0.1, 0.15) is 54.7 Å². The number of hydrogen-bond donors (Lipinski definition) is 8. The molecule has 0 saturated carbocycles. The summed E-state index contributed by atoms with van der Waals surface area (Å²) in [7, 11) is -10.7. The molecule has 24 heteroatoms. The molecule has 9 N–H and O–H groups in total. The molecule has 10 atom stereocenters. The first-order valence-electron chi connectivity index (χ1n) is 17.2. The zero-order valence-corrected chi connectivity index (χ0v) is 32.8. The van der Waals surface area contributed by atoms with Gasteiger partial charge in [-0.1, -0.05) is 41.5 Å². The summed E-state index contributed by atoms with van der Waals surface area (Å²) in [6.45, 7) is 19.6. The minimum Gasteiger partial charge on any atom is -0.388 e. The number of carbonyl (C=O) groups excluding carboxylic acids is 1. The summed E-state index contributed by atoms with van der Waals surface area (Å²) in [6, 6.07) is -1.26. The number of imidazole rings is 1. The summed E-state index contributed by atoms with van der Waals surface area (Å²) in [5, 5.41) is 42.9. The number of nitrogens with zero attached hydrogens (tertiary/aromatic N) is 6. The van der Waals surface area contributed by atoms with Gasteiger partial charge in [0.25, 0.3) is 0 Å². The van der Waals surface area contributed by atoms with Gasteiger partial charge >= 0.3 is 15.6 Å². The van der Waals surface area contributed by atoms with Gasteiger partial charge in [-0.25, -0.2) is 24.1 Å². The second-order valence-electron chi connectivity index (χ2n) is 11.8. The Kier molecular flexibility index (Phi) is 19.2. The molecule has 306 valence electrons. The van der Waals surface area contributed by atoms with Crippen molar-refractivity contribution < 1.29 is 67.0 Å². The molecule has 0 aliphatic carbocycles. The van der Waals surface area contributed by atoms with Gasteiger partial charge in [-0.2, -0.15) is 4.31 Å². The van der Waals surface area contributed by atoms with E-state index in [0.717, 1.165) is 13.3 Å². The molecule has 0 bridgehead atoms. The Bertz CT molecular complexity index is 1480. The molecule has 2 aliphatic rings. The van der Waals surface area contributed by atoms with Gasteiger partial charge < -0.3 is 60.5 Å². The maximum atomic E-state index is 12.3. The van der Waals surface area contributed by atoms with Crippen molar-refractivity contribution in [3.63, 3.8) is 0 Å². The van der Waals surface area contributed by atoms with E-state index in [4.69, 9.17) is 15.2 Å². The van der Waals surface area contributed by atoms with Crippen molar-refractivity contribution in [3.05, 3.63) is 12.7 Å². The van der Waals surface area contributed by atoms with Crippen molar-refractivity contribution in [3.8, 4) is 0 Å². The predicted octanol–water partition coefficient (Wildman–Crippen LogP) is -0.443. The van der Waals surface area contributed by atoms with Gasteiger partial charge in [-0.05, 0) is 39.3 Å². The molecule has 0 aromatic carbocycles. The highest BCUT2D eigenvalue weighted by Crippen LogP contribution is 2.60. The second-order valence-corrected chi connectivity index (χ2v) is 14.8. The number of phosphoric ester groups is 2. The Morgan fingerprint density at radius 2 is 1.32 bits per heavy atom. The summed E-state index contributed by atoms with van der Waals surface area (Å²) in [5.41, 5.74) is 6.09. The summed E-state index contributed by atoms with van der Waals surface area (Å²) in [6.07, 6.45) is -8.18. The zero-order valence-electron chi connectivity index (χ0n) is 31.0. The van der Waals surface area contributed by atoms with Gasteiger partial charge in [0, 0.05) is 6.92 Å². The molecule has 22 nitrogen and oxygen atoms in total. The zero-order chi connectivity index (χ0) is 40.1. The Morgan fingerprint density at radius 1 is 0.830 bits per heavy atom. The standard InChI is InChI=1S/C17H26N6O14P2.2C6H15N/c1-6(24)22-9-11(25)7(36-17(9)28)2-33-38(29,30)37-39(31,32)34-3-8-12(26)13(27)16(35-8)23-5-21-10-14(18)19-4-20-15(10)23;2*1-4-7(5-2)6-3/h4-5,7-9,11-13,16-17,25-28H,2-3H2,1H3,(H,22,24)(H,29,30)(H,31,32)(H2,18,19,20);2*4-6H2,1-3H3/t7-,8-,9-,11-,12-,13-,16-,17-;;/m1../s1. The van der Waals surface area contributed by atoms with E-state index >= 15 is 0 Å². The number of hydrogen-bond acceptors (Lipinski definition) is 18. The Hall–Kier alpha value is -2.24. The Balaban J connectivity index is 0.000000587. The van der Waals surface area contributed by atoms with E-state index in [0.29, 0.717) is 0 Å². The normalized spacial score (nSPS) is 27.8. The molecule has 2 unspecified atom stereocenters. The average molecular weight is 803 g/mol. The number of aliphatic hydroxyl groups is 4. The lowest BCUT2D eigenvalue weighted by Crippen LogP contribution is -2.47. The summed E-state index contributed by atoms with van der Waals surface area (Å²) in [4.78, 5) is 47.4. The molecule has 4 rings (SSSR count). The van der Waals surface area contributed by atoms with Crippen molar-refractivity contribution in [2.75, 3.05) is 58.2 Å². The number of ether oxygens (including phenoxy) is 2. The first-order valence-corrected chi connectivity index (χ1v) is 20.2. The quantitative estimate of drug-likeness (QED) is 0.0998. The fourth-order valence-corrected chi connectivity index (χ4v) is 7.37. The fourth-order valence-electron chi connectivity index (χ4n) is 5.28. The highest BCUT2D eigenvalue weighted by molar-refractivity contribution is 7.61. The minimum atomic E-state index is -5.33. The number of phosphoric acid groups is 2. The van der Waals surface area contributed by atoms with Gasteiger partial charge in [-0.15, -0.1) is 0 Å². The molecular weight excluding hydrogens is 746 g/mol. The number of nitrogens with two attached hydrogens (primary N) is 1. The number of nitrogens with one attached hydrogen (secondary N) is 1. The molecule has 1 amide bonds. The summed E-state index contributed by atoms with van der Waals surface area (Å²) in [5.74, 6) is -0.538. The molecule has 0 radical (unpaired) electrons. The van der Waals surface area contributed by atoms with Gasteiger partial charge in [0.05, 0.1) is 19.5 Å². The maximum Gasteiger partial charge on any atom is 0.481 e. The molecular formula is C29H56N8O14P2. The van der Waals surface area contributed by atoms with Crippen LogP contribution in [-0.2, 0) is 36.8 Å². The molecule has 2 aromatic rings. The average Bonchev–Trinajstić information content (AvgIpc) is 3.74. The SMILES string of the molecule is CC(=O)N[C@@H]1[C@H](O)[C@@H](COP(=O)(O)OP(=O)(O)OC[C@H]2O[C@@H](n3cnc4c(N)ncnc43)[C@H](O)[C@@H]2O)O[C@H]1O.CCN(CC)CC.CCN(CC)CC.